The van der Waals surface area contributed by atoms with Crippen molar-refractivity contribution in [3.8, 4) is 0 Å². The van der Waals surface area contributed by atoms with Crippen molar-refractivity contribution in [3.63, 3.8) is 0 Å². The lowest BCUT2D eigenvalue weighted by Gasteiger charge is -2.28. The Morgan fingerprint density at radius 3 is 2.50 bits per heavy atom. The van der Waals surface area contributed by atoms with E-state index in [1.807, 2.05) is 19.1 Å². The molecule has 2 nitrogen and oxygen atoms in total. The molecule has 0 saturated heterocycles. The molecule has 78 valence electrons. The van der Waals surface area contributed by atoms with Gasteiger partial charge in [-0.25, -0.2) is 0 Å². The van der Waals surface area contributed by atoms with Crippen molar-refractivity contribution in [2.75, 3.05) is 0 Å². The summed E-state index contributed by atoms with van der Waals surface area (Å²) in [5, 5.41) is 10.2. The third-order valence-electron chi connectivity index (χ3n) is 3.44. The fraction of sp³-hybridized carbons (Fsp3) is 0.667. The van der Waals surface area contributed by atoms with Gasteiger partial charge in [-0.1, -0.05) is 19.8 Å². The number of aryl methyl sites for hydroxylation is 1. The molecule has 1 heterocycles. The van der Waals surface area contributed by atoms with E-state index in [1.54, 1.807) is 0 Å². The lowest BCUT2D eigenvalue weighted by molar-refractivity contribution is 0.0228. The molecular formula is C12H18O2. The minimum atomic E-state index is -0.432. The Labute approximate surface area is 84.9 Å². The van der Waals surface area contributed by atoms with Crippen LogP contribution in [0, 0.1) is 12.3 Å². The molecule has 1 aromatic heterocycles. The smallest absolute Gasteiger partial charge is 0.133 e. The first-order valence-corrected chi connectivity index (χ1v) is 5.36. The van der Waals surface area contributed by atoms with Crippen LogP contribution in [0.5, 0.6) is 0 Å². The van der Waals surface area contributed by atoms with Gasteiger partial charge in [0.05, 0.1) is 0 Å². The predicted molar refractivity (Wildman–Crippen MR) is 55.0 cm³/mol. The highest BCUT2D eigenvalue weighted by Gasteiger charge is 2.38. The van der Waals surface area contributed by atoms with Gasteiger partial charge in [-0.05, 0) is 31.9 Å². The molecule has 1 aromatic rings. The molecule has 1 unspecified atom stereocenters. The molecule has 0 spiro atoms. The SMILES string of the molecule is Cc1ccc(C(O)C2(C)CCCC2)o1. The Balaban J connectivity index is 2.18. The molecule has 0 bridgehead atoms. The van der Waals surface area contributed by atoms with Crippen LogP contribution in [0.25, 0.3) is 0 Å². The highest BCUT2D eigenvalue weighted by atomic mass is 16.4. The minimum absolute atomic E-state index is 0.0320. The summed E-state index contributed by atoms with van der Waals surface area (Å²) in [5.74, 6) is 1.60. The number of rotatable bonds is 2. The summed E-state index contributed by atoms with van der Waals surface area (Å²) in [7, 11) is 0. The highest BCUT2D eigenvalue weighted by molar-refractivity contribution is 5.11. The lowest BCUT2D eigenvalue weighted by Crippen LogP contribution is -2.21. The van der Waals surface area contributed by atoms with Gasteiger partial charge in [-0.3, -0.25) is 0 Å². The minimum Gasteiger partial charge on any atom is -0.464 e. The third-order valence-corrected chi connectivity index (χ3v) is 3.44. The third kappa shape index (κ3) is 1.59. The van der Waals surface area contributed by atoms with Crippen LogP contribution in [-0.2, 0) is 0 Å². The first kappa shape index (κ1) is 9.78. The molecule has 0 radical (unpaired) electrons. The molecule has 1 aliphatic rings. The van der Waals surface area contributed by atoms with Crippen molar-refractivity contribution in [1.82, 2.24) is 0 Å². The molecule has 0 amide bonds. The zero-order valence-electron chi connectivity index (χ0n) is 8.92. The molecule has 1 aliphatic carbocycles. The second kappa shape index (κ2) is 3.43. The van der Waals surface area contributed by atoms with Crippen molar-refractivity contribution in [3.05, 3.63) is 23.7 Å². The van der Waals surface area contributed by atoms with Gasteiger partial charge in [0.15, 0.2) is 0 Å². The van der Waals surface area contributed by atoms with E-state index < -0.39 is 6.10 Å². The van der Waals surface area contributed by atoms with Crippen molar-refractivity contribution in [2.45, 2.75) is 45.6 Å². The fourth-order valence-corrected chi connectivity index (χ4v) is 2.40. The molecule has 1 fully saturated rings. The zero-order chi connectivity index (χ0) is 10.2. The van der Waals surface area contributed by atoms with Crippen molar-refractivity contribution < 1.29 is 9.52 Å². The van der Waals surface area contributed by atoms with Crippen LogP contribution >= 0.6 is 0 Å². The summed E-state index contributed by atoms with van der Waals surface area (Å²) < 4.78 is 5.47. The Bertz CT molecular complexity index is 308. The van der Waals surface area contributed by atoms with Gasteiger partial charge in [-0.2, -0.15) is 0 Å². The van der Waals surface area contributed by atoms with E-state index in [9.17, 15) is 5.11 Å². The van der Waals surface area contributed by atoms with E-state index in [1.165, 1.54) is 12.8 Å². The Hall–Kier alpha value is -0.760. The summed E-state index contributed by atoms with van der Waals surface area (Å²) in [4.78, 5) is 0. The van der Waals surface area contributed by atoms with E-state index >= 15 is 0 Å². The topological polar surface area (TPSA) is 33.4 Å². The van der Waals surface area contributed by atoms with Gasteiger partial charge < -0.3 is 9.52 Å². The second-order valence-electron chi connectivity index (χ2n) is 4.71. The summed E-state index contributed by atoms with van der Waals surface area (Å²) in [6.45, 7) is 4.07. The summed E-state index contributed by atoms with van der Waals surface area (Å²) in [5.41, 5.74) is 0.0320. The van der Waals surface area contributed by atoms with Gasteiger partial charge in [0, 0.05) is 5.41 Å². The maximum Gasteiger partial charge on any atom is 0.133 e. The van der Waals surface area contributed by atoms with Crippen LogP contribution in [0.2, 0.25) is 0 Å². The Kier molecular flexibility index (Phi) is 2.40. The number of hydrogen-bond donors (Lipinski definition) is 1. The average molecular weight is 194 g/mol. The zero-order valence-corrected chi connectivity index (χ0v) is 8.92. The number of aliphatic hydroxyl groups is 1. The van der Waals surface area contributed by atoms with Crippen LogP contribution in [0.15, 0.2) is 16.5 Å². The van der Waals surface area contributed by atoms with E-state index in [0.29, 0.717) is 0 Å². The standard InChI is InChI=1S/C12H18O2/c1-9-5-6-10(14-9)11(13)12(2)7-3-4-8-12/h5-6,11,13H,3-4,7-8H2,1-2H3. The van der Waals surface area contributed by atoms with Crippen LogP contribution in [0.1, 0.15) is 50.2 Å². The monoisotopic (exact) mass is 194 g/mol. The normalized spacial score (nSPS) is 22.5. The molecule has 1 N–H and O–H groups in total. The molecule has 2 rings (SSSR count). The van der Waals surface area contributed by atoms with Crippen molar-refractivity contribution in [2.24, 2.45) is 5.41 Å². The first-order chi connectivity index (χ1) is 6.62. The molecule has 14 heavy (non-hydrogen) atoms. The highest BCUT2D eigenvalue weighted by Crippen LogP contribution is 2.47. The predicted octanol–water partition coefficient (Wildman–Crippen LogP) is 3.20. The molecule has 1 saturated carbocycles. The Morgan fingerprint density at radius 1 is 1.36 bits per heavy atom. The average Bonchev–Trinajstić information content (AvgIpc) is 2.74. The second-order valence-corrected chi connectivity index (χ2v) is 4.71. The molecule has 0 aliphatic heterocycles. The first-order valence-electron chi connectivity index (χ1n) is 5.36. The van der Waals surface area contributed by atoms with E-state index in [0.717, 1.165) is 24.4 Å². The maximum atomic E-state index is 10.2. The van der Waals surface area contributed by atoms with E-state index in [4.69, 9.17) is 4.42 Å². The maximum absolute atomic E-state index is 10.2. The van der Waals surface area contributed by atoms with E-state index in [2.05, 4.69) is 6.92 Å². The van der Waals surface area contributed by atoms with Crippen LogP contribution in [0.3, 0.4) is 0 Å². The molecule has 0 aromatic carbocycles. The number of aliphatic hydroxyl groups excluding tert-OH is 1. The van der Waals surface area contributed by atoms with Crippen LogP contribution < -0.4 is 0 Å². The van der Waals surface area contributed by atoms with Gasteiger partial charge in [0.2, 0.25) is 0 Å². The van der Waals surface area contributed by atoms with Gasteiger partial charge in [0.1, 0.15) is 17.6 Å². The van der Waals surface area contributed by atoms with Gasteiger partial charge >= 0.3 is 0 Å². The largest absolute Gasteiger partial charge is 0.464 e. The Morgan fingerprint density at radius 2 is 2.00 bits per heavy atom. The molecular weight excluding hydrogens is 176 g/mol. The fourth-order valence-electron chi connectivity index (χ4n) is 2.40. The van der Waals surface area contributed by atoms with Crippen molar-refractivity contribution >= 4 is 0 Å². The van der Waals surface area contributed by atoms with E-state index in [-0.39, 0.29) is 5.41 Å². The van der Waals surface area contributed by atoms with Crippen LogP contribution in [-0.4, -0.2) is 5.11 Å². The quantitative estimate of drug-likeness (QED) is 0.784. The summed E-state index contributed by atoms with van der Waals surface area (Å²) >= 11 is 0. The molecule has 2 heteroatoms. The number of furan rings is 1. The van der Waals surface area contributed by atoms with Crippen molar-refractivity contribution in [1.29, 1.82) is 0 Å². The van der Waals surface area contributed by atoms with Gasteiger partial charge in [0.25, 0.3) is 0 Å². The van der Waals surface area contributed by atoms with Gasteiger partial charge in [-0.15, -0.1) is 0 Å². The lowest BCUT2D eigenvalue weighted by atomic mass is 9.81. The van der Waals surface area contributed by atoms with Crippen LogP contribution in [0.4, 0.5) is 0 Å². The molecule has 1 atom stereocenters. The summed E-state index contributed by atoms with van der Waals surface area (Å²) in [6, 6.07) is 3.81. The number of hydrogen-bond acceptors (Lipinski definition) is 2. The summed E-state index contributed by atoms with van der Waals surface area (Å²) in [6.07, 6.45) is 4.24.